The van der Waals surface area contributed by atoms with Gasteiger partial charge in [-0.25, -0.2) is 4.73 Å². The van der Waals surface area contributed by atoms with Crippen molar-refractivity contribution in [1.82, 2.24) is 4.73 Å². The van der Waals surface area contributed by atoms with E-state index in [9.17, 15) is 0 Å². The summed E-state index contributed by atoms with van der Waals surface area (Å²) in [5.74, 6) is 0. The van der Waals surface area contributed by atoms with Crippen LogP contribution >= 0.6 is 24.8 Å². The monoisotopic (exact) mass is 155 g/mol. The van der Waals surface area contributed by atoms with Crippen LogP contribution < -0.4 is 0 Å². The number of aromatic nitrogens is 1. The Labute approximate surface area is 59.9 Å². The molecular formula is C4H7Cl2NO. The van der Waals surface area contributed by atoms with Gasteiger partial charge >= 0.3 is 0 Å². The van der Waals surface area contributed by atoms with Crippen molar-refractivity contribution in [3.63, 3.8) is 0 Å². The molecule has 0 aliphatic carbocycles. The Balaban J connectivity index is 0. The third-order valence-electron chi connectivity index (χ3n) is 0.589. The molecule has 0 amide bonds. The van der Waals surface area contributed by atoms with Crippen LogP contribution in [0.2, 0.25) is 0 Å². The molecule has 0 spiro atoms. The van der Waals surface area contributed by atoms with Crippen LogP contribution in [0.3, 0.4) is 0 Å². The van der Waals surface area contributed by atoms with E-state index in [0.29, 0.717) is 0 Å². The lowest BCUT2D eigenvalue weighted by Gasteiger charge is -1.79. The first kappa shape index (κ1) is 10.6. The minimum atomic E-state index is 0. The maximum atomic E-state index is 8.39. The first-order valence-corrected chi connectivity index (χ1v) is 1.72. The molecule has 2 nitrogen and oxygen atoms in total. The van der Waals surface area contributed by atoms with Gasteiger partial charge in [-0.1, -0.05) is 0 Å². The maximum absolute atomic E-state index is 8.39. The Hall–Kier alpha value is -0.340. The molecule has 1 rings (SSSR count). The molecule has 0 aliphatic rings. The zero-order valence-corrected chi connectivity index (χ0v) is 5.65. The average Bonchev–Trinajstić information content (AvgIpc) is 1.86. The summed E-state index contributed by atoms with van der Waals surface area (Å²) in [6, 6.07) is 3.50. The fraction of sp³-hybridized carbons (Fsp3) is 0. The third-order valence-corrected chi connectivity index (χ3v) is 0.589. The third kappa shape index (κ3) is 2.77. The highest BCUT2D eigenvalue weighted by molar-refractivity contribution is 5.85. The minimum Gasteiger partial charge on any atom is -0.429 e. The van der Waals surface area contributed by atoms with E-state index < -0.39 is 0 Å². The predicted octanol–water partition coefficient (Wildman–Crippen LogP) is 1.57. The molecule has 1 aromatic heterocycles. The SMILES string of the molecule is Cl.Cl.On1cccc1. The van der Waals surface area contributed by atoms with Crippen molar-refractivity contribution < 1.29 is 5.21 Å². The summed E-state index contributed by atoms with van der Waals surface area (Å²) in [5, 5.41) is 8.39. The van der Waals surface area contributed by atoms with Crippen molar-refractivity contribution in [2.45, 2.75) is 0 Å². The van der Waals surface area contributed by atoms with Gasteiger partial charge in [0.25, 0.3) is 0 Å². The van der Waals surface area contributed by atoms with Gasteiger partial charge in [0.15, 0.2) is 0 Å². The summed E-state index contributed by atoms with van der Waals surface area (Å²) in [4.78, 5) is 0. The van der Waals surface area contributed by atoms with E-state index in [4.69, 9.17) is 5.21 Å². The van der Waals surface area contributed by atoms with E-state index in [2.05, 4.69) is 0 Å². The molecule has 1 aromatic rings. The summed E-state index contributed by atoms with van der Waals surface area (Å²) in [6.45, 7) is 0. The van der Waals surface area contributed by atoms with Crippen LogP contribution in [-0.2, 0) is 0 Å². The quantitative estimate of drug-likeness (QED) is 0.566. The van der Waals surface area contributed by atoms with Gasteiger partial charge in [0, 0.05) is 12.4 Å². The van der Waals surface area contributed by atoms with Crippen molar-refractivity contribution in [1.29, 1.82) is 0 Å². The van der Waals surface area contributed by atoms with Crippen LogP contribution in [0.25, 0.3) is 0 Å². The van der Waals surface area contributed by atoms with Crippen molar-refractivity contribution in [3.05, 3.63) is 24.5 Å². The number of rotatable bonds is 0. The molecule has 48 valence electrons. The van der Waals surface area contributed by atoms with Crippen LogP contribution in [-0.4, -0.2) is 9.94 Å². The molecule has 0 unspecified atom stereocenters. The molecule has 0 radical (unpaired) electrons. The van der Waals surface area contributed by atoms with Gasteiger partial charge in [0.2, 0.25) is 0 Å². The van der Waals surface area contributed by atoms with Crippen molar-refractivity contribution in [2.75, 3.05) is 0 Å². The first-order valence-electron chi connectivity index (χ1n) is 1.72. The van der Waals surface area contributed by atoms with Crippen molar-refractivity contribution >= 4 is 24.8 Å². The smallest absolute Gasteiger partial charge is 0.0432 e. The van der Waals surface area contributed by atoms with E-state index in [-0.39, 0.29) is 24.8 Å². The molecule has 1 N–H and O–H groups in total. The Kier molecular flexibility index (Phi) is 6.38. The van der Waals surface area contributed by atoms with Crippen LogP contribution in [0, 0.1) is 0 Å². The van der Waals surface area contributed by atoms with E-state index in [1.807, 2.05) is 0 Å². The molecule has 0 fully saturated rings. The highest BCUT2D eigenvalue weighted by Gasteiger charge is 1.70. The summed E-state index contributed by atoms with van der Waals surface area (Å²) in [7, 11) is 0. The van der Waals surface area contributed by atoms with E-state index in [0.717, 1.165) is 4.73 Å². The van der Waals surface area contributed by atoms with Crippen LogP contribution in [0.5, 0.6) is 0 Å². The minimum absolute atomic E-state index is 0. The van der Waals surface area contributed by atoms with Crippen molar-refractivity contribution in [2.24, 2.45) is 0 Å². The maximum Gasteiger partial charge on any atom is 0.0432 e. The zero-order chi connectivity index (χ0) is 4.41. The summed E-state index contributed by atoms with van der Waals surface area (Å²) < 4.78 is 1.00. The topological polar surface area (TPSA) is 25.2 Å². The zero-order valence-electron chi connectivity index (χ0n) is 4.02. The van der Waals surface area contributed by atoms with E-state index in [1.165, 1.54) is 0 Å². The predicted molar refractivity (Wildman–Crippen MR) is 36.1 cm³/mol. The lowest BCUT2D eigenvalue weighted by Crippen LogP contribution is -1.78. The largest absolute Gasteiger partial charge is 0.429 e. The fourth-order valence-electron chi connectivity index (χ4n) is 0.325. The van der Waals surface area contributed by atoms with Gasteiger partial charge in [0.05, 0.1) is 0 Å². The molecule has 4 heteroatoms. The first-order chi connectivity index (χ1) is 2.89. The molecule has 1 heterocycles. The van der Waals surface area contributed by atoms with Crippen molar-refractivity contribution in [3.8, 4) is 0 Å². The summed E-state index contributed by atoms with van der Waals surface area (Å²) in [5.41, 5.74) is 0. The lowest BCUT2D eigenvalue weighted by molar-refractivity contribution is 0.187. The second-order valence-electron chi connectivity index (χ2n) is 1.06. The van der Waals surface area contributed by atoms with Crippen LogP contribution in [0.15, 0.2) is 24.5 Å². The van der Waals surface area contributed by atoms with Gasteiger partial charge < -0.3 is 5.21 Å². The van der Waals surface area contributed by atoms with Gasteiger partial charge in [-0.05, 0) is 12.1 Å². The molecule has 0 atom stereocenters. The highest BCUT2D eigenvalue weighted by atomic mass is 35.5. The number of halogens is 2. The lowest BCUT2D eigenvalue weighted by atomic mass is 10.7. The summed E-state index contributed by atoms with van der Waals surface area (Å²) >= 11 is 0. The molecule has 0 saturated carbocycles. The van der Waals surface area contributed by atoms with Gasteiger partial charge in [-0.15, -0.1) is 24.8 Å². The normalized spacial score (nSPS) is 6.50. The molecule has 8 heavy (non-hydrogen) atoms. The standard InChI is InChI=1S/C4H5NO.2ClH/c6-5-3-1-2-4-5;;/h1-4,6H;2*1H. The number of nitrogens with zero attached hydrogens (tertiary/aromatic N) is 1. The molecular weight excluding hydrogens is 149 g/mol. The Bertz CT molecular complexity index is 118. The average molecular weight is 156 g/mol. The second kappa shape index (κ2) is 4.81. The number of hydrogen-bond donors (Lipinski definition) is 1. The Morgan fingerprint density at radius 2 is 1.38 bits per heavy atom. The number of hydrogen-bond acceptors (Lipinski definition) is 1. The molecule has 0 saturated heterocycles. The molecule has 0 aromatic carbocycles. The summed E-state index contributed by atoms with van der Waals surface area (Å²) in [6.07, 6.45) is 3.11. The second-order valence-corrected chi connectivity index (χ2v) is 1.06. The highest BCUT2D eigenvalue weighted by Crippen LogP contribution is 1.79. The Morgan fingerprint density at radius 1 is 1.00 bits per heavy atom. The van der Waals surface area contributed by atoms with Crippen LogP contribution in [0.4, 0.5) is 0 Å². The molecule has 0 bridgehead atoms. The Morgan fingerprint density at radius 3 is 1.50 bits per heavy atom. The van der Waals surface area contributed by atoms with Gasteiger partial charge in [-0.3, -0.25) is 0 Å². The van der Waals surface area contributed by atoms with Gasteiger partial charge in [-0.2, -0.15) is 0 Å². The van der Waals surface area contributed by atoms with E-state index >= 15 is 0 Å². The van der Waals surface area contributed by atoms with Gasteiger partial charge in [0.1, 0.15) is 0 Å². The fourth-order valence-corrected chi connectivity index (χ4v) is 0.325. The van der Waals surface area contributed by atoms with Crippen LogP contribution in [0.1, 0.15) is 0 Å². The van der Waals surface area contributed by atoms with E-state index in [1.54, 1.807) is 24.5 Å². The molecule has 0 aliphatic heterocycles.